The fourth-order valence-corrected chi connectivity index (χ4v) is 2.90. The Labute approximate surface area is 108 Å². The second-order valence-electron chi connectivity index (χ2n) is 4.47. The van der Waals surface area contributed by atoms with E-state index in [1.165, 1.54) is 30.9 Å². The maximum absolute atomic E-state index is 11.4. The fraction of sp³-hybridized carbons (Fsp3) is 0.385. The summed E-state index contributed by atoms with van der Waals surface area (Å²) in [5.74, 6) is 0. The lowest BCUT2D eigenvalue weighted by Crippen LogP contribution is -2.15. The predicted octanol–water partition coefficient (Wildman–Crippen LogP) is 2.25. The van der Waals surface area contributed by atoms with Crippen molar-refractivity contribution in [2.45, 2.75) is 30.6 Å². The van der Waals surface area contributed by atoms with Gasteiger partial charge in [-0.05, 0) is 37.8 Å². The zero-order chi connectivity index (χ0) is 13.0. The monoisotopic (exact) mass is 266 g/mol. The van der Waals surface area contributed by atoms with E-state index in [-0.39, 0.29) is 4.90 Å². The highest BCUT2D eigenvalue weighted by molar-refractivity contribution is 7.89. The molecule has 0 heterocycles. The lowest BCUT2D eigenvalue weighted by atomic mass is 10.1. The average Bonchev–Trinajstić information content (AvgIpc) is 2.81. The van der Waals surface area contributed by atoms with Crippen molar-refractivity contribution in [1.29, 1.82) is 0 Å². The van der Waals surface area contributed by atoms with Gasteiger partial charge in [-0.1, -0.05) is 23.8 Å². The van der Waals surface area contributed by atoms with Crippen molar-refractivity contribution in [1.82, 2.24) is 0 Å². The molecule has 5 heteroatoms. The smallest absolute Gasteiger partial charge is 0.240 e. The molecule has 98 valence electrons. The van der Waals surface area contributed by atoms with Gasteiger partial charge in [0.1, 0.15) is 4.90 Å². The Morgan fingerprint density at radius 3 is 2.72 bits per heavy atom. The van der Waals surface area contributed by atoms with Gasteiger partial charge in [-0.3, -0.25) is 0 Å². The van der Waals surface area contributed by atoms with Crippen molar-refractivity contribution in [2.75, 3.05) is 11.9 Å². The van der Waals surface area contributed by atoms with E-state index >= 15 is 0 Å². The molecule has 1 aliphatic rings. The minimum Gasteiger partial charge on any atom is -0.384 e. The Balaban J connectivity index is 2.01. The summed E-state index contributed by atoms with van der Waals surface area (Å²) in [6, 6.07) is 6.73. The van der Waals surface area contributed by atoms with Crippen LogP contribution in [0.4, 0.5) is 5.69 Å². The van der Waals surface area contributed by atoms with Gasteiger partial charge in [-0.2, -0.15) is 0 Å². The van der Waals surface area contributed by atoms with Crippen molar-refractivity contribution in [3.05, 3.63) is 35.9 Å². The summed E-state index contributed by atoms with van der Waals surface area (Å²) in [7, 11) is -3.66. The molecule has 0 fully saturated rings. The number of allylic oxidation sites excluding steroid dienone is 1. The van der Waals surface area contributed by atoms with Crippen molar-refractivity contribution < 1.29 is 8.42 Å². The summed E-state index contributed by atoms with van der Waals surface area (Å²) in [5.41, 5.74) is 2.04. The molecule has 3 N–H and O–H groups in total. The molecular formula is C13H18N2O2S. The third-order valence-electron chi connectivity index (χ3n) is 3.09. The first-order valence-electron chi connectivity index (χ1n) is 6.11. The lowest BCUT2D eigenvalue weighted by molar-refractivity contribution is 0.598. The zero-order valence-electron chi connectivity index (χ0n) is 10.2. The minimum absolute atomic E-state index is 0.158. The molecule has 1 aromatic carbocycles. The van der Waals surface area contributed by atoms with Crippen LogP contribution in [0.5, 0.6) is 0 Å². The maximum atomic E-state index is 11.4. The number of anilines is 1. The zero-order valence-corrected chi connectivity index (χ0v) is 11.0. The van der Waals surface area contributed by atoms with Gasteiger partial charge < -0.3 is 5.32 Å². The molecule has 1 aliphatic carbocycles. The summed E-state index contributed by atoms with van der Waals surface area (Å²) in [6.07, 6.45) is 6.80. The molecule has 0 bridgehead atoms. The highest BCUT2D eigenvalue weighted by Gasteiger charge is 2.12. The highest BCUT2D eigenvalue weighted by atomic mass is 32.2. The molecule has 0 saturated carbocycles. The van der Waals surface area contributed by atoms with Gasteiger partial charge in [0.2, 0.25) is 10.0 Å². The van der Waals surface area contributed by atoms with Crippen molar-refractivity contribution >= 4 is 15.7 Å². The molecule has 0 atom stereocenters. The summed E-state index contributed by atoms with van der Waals surface area (Å²) < 4.78 is 22.8. The van der Waals surface area contributed by atoms with Gasteiger partial charge in [0, 0.05) is 6.54 Å². The van der Waals surface area contributed by atoms with Crippen LogP contribution in [-0.2, 0) is 10.0 Å². The number of benzene rings is 1. The SMILES string of the molecule is NS(=O)(=O)c1ccccc1NCCC1=CCCC1. The van der Waals surface area contributed by atoms with E-state index in [4.69, 9.17) is 5.14 Å². The van der Waals surface area contributed by atoms with Gasteiger partial charge in [-0.25, -0.2) is 13.6 Å². The van der Waals surface area contributed by atoms with Crippen LogP contribution in [0.1, 0.15) is 25.7 Å². The minimum atomic E-state index is -3.66. The lowest BCUT2D eigenvalue weighted by Gasteiger charge is -2.10. The number of hydrogen-bond acceptors (Lipinski definition) is 3. The normalized spacial score (nSPS) is 15.5. The van der Waals surface area contributed by atoms with E-state index in [0.29, 0.717) is 5.69 Å². The van der Waals surface area contributed by atoms with Crippen LogP contribution in [-0.4, -0.2) is 15.0 Å². The number of nitrogens with one attached hydrogen (secondary N) is 1. The third-order valence-corrected chi connectivity index (χ3v) is 4.06. The molecule has 1 aromatic rings. The van der Waals surface area contributed by atoms with Crippen LogP contribution >= 0.6 is 0 Å². The molecule has 0 spiro atoms. The van der Waals surface area contributed by atoms with Crippen LogP contribution in [0.2, 0.25) is 0 Å². The molecule has 0 amide bonds. The van der Waals surface area contributed by atoms with E-state index in [0.717, 1.165) is 13.0 Å². The van der Waals surface area contributed by atoms with Crippen molar-refractivity contribution in [3.63, 3.8) is 0 Å². The molecule has 0 saturated heterocycles. The maximum Gasteiger partial charge on any atom is 0.240 e. The molecule has 0 aromatic heterocycles. The largest absolute Gasteiger partial charge is 0.384 e. The van der Waals surface area contributed by atoms with Gasteiger partial charge in [0.05, 0.1) is 5.69 Å². The standard InChI is InChI=1S/C13H18N2O2S/c14-18(16,17)13-8-4-3-7-12(13)15-10-9-11-5-1-2-6-11/h3-5,7-8,15H,1-2,6,9-10H2,(H2,14,16,17). The molecule has 0 unspecified atom stereocenters. The Bertz CT molecular complexity index is 550. The Kier molecular flexibility index (Phi) is 4.04. The summed E-state index contributed by atoms with van der Waals surface area (Å²) in [6.45, 7) is 0.734. The van der Waals surface area contributed by atoms with Crippen LogP contribution in [0.15, 0.2) is 40.8 Å². The van der Waals surface area contributed by atoms with E-state index in [2.05, 4.69) is 11.4 Å². The first kappa shape index (κ1) is 13.1. The summed E-state index contributed by atoms with van der Waals surface area (Å²) in [5, 5.41) is 8.32. The molecule has 18 heavy (non-hydrogen) atoms. The van der Waals surface area contributed by atoms with E-state index in [1.54, 1.807) is 18.2 Å². The number of rotatable bonds is 5. The molecule has 4 nitrogen and oxygen atoms in total. The summed E-state index contributed by atoms with van der Waals surface area (Å²) in [4.78, 5) is 0.158. The Hall–Kier alpha value is -1.33. The molecule has 0 aliphatic heterocycles. The van der Waals surface area contributed by atoms with E-state index in [1.807, 2.05) is 0 Å². The molecule has 0 radical (unpaired) electrons. The number of nitrogens with two attached hydrogens (primary N) is 1. The average molecular weight is 266 g/mol. The van der Waals surface area contributed by atoms with Gasteiger partial charge in [0.15, 0.2) is 0 Å². The van der Waals surface area contributed by atoms with E-state index in [9.17, 15) is 8.42 Å². The first-order valence-corrected chi connectivity index (χ1v) is 7.65. The Morgan fingerprint density at radius 1 is 1.28 bits per heavy atom. The van der Waals surface area contributed by atoms with Gasteiger partial charge in [0.25, 0.3) is 0 Å². The predicted molar refractivity (Wildman–Crippen MR) is 72.9 cm³/mol. The quantitative estimate of drug-likeness (QED) is 0.803. The fourth-order valence-electron chi connectivity index (χ4n) is 2.18. The number of hydrogen-bond donors (Lipinski definition) is 2. The van der Waals surface area contributed by atoms with Crippen LogP contribution in [0, 0.1) is 0 Å². The van der Waals surface area contributed by atoms with E-state index < -0.39 is 10.0 Å². The molecule has 2 rings (SSSR count). The van der Waals surface area contributed by atoms with Crippen LogP contribution in [0.3, 0.4) is 0 Å². The molecular weight excluding hydrogens is 248 g/mol. The topological polar surface area (TPSA) is 72.2 Å². The van der Waals surface area contributed by atoms with Crippen molar-refractivity contribution in [3.8, 4) is 0 Å². The summed E-state index contributed by atoms with van der Waals surface area (Å²) >= 11 is 0. The van der Waals surface area contributed by atoms with Crippen LogP contribution in [0.25, 0.3) is 0 Å². The second-order valence-corrected chi connectivity index (χ2v) is 6.00. The van der Waals surface area contributed by atoms with Crippen molar-refractivity contribution in [2.24, 2.45) is 5.14 Å². The van der Waals surface area contributed by atoms with Gasteiger partial charge >= 0.3 is 0 Å². The highest BCUT2D eigenvalue weighted by Crippen LogP contribution is 2.22. The number of sulfonamides is 1. The Morgan fingerprint density at radius 2 is 2.06 bits per heavy atom. The van der Waals surface area contributed by atoms with Crippen LogP contribution < -0.4 is 10.5 Å². The number of para-hydroxylation sites is 1. The number of primary sulfonamides is 1. The van der Waals surface area contributed by atoms with Gasteiger partial charge in [-0.15, -0.1) is 0 Å². The second kappa shape index (κ2) is 5.54. The first-order chi connectivity index (χ1) is 8.57. The third kappa shape index (κ3) is 3.34.